The molecule has 0 radical (unpaired) electrons. The molecule has 0 aliphatic heterocycles. The number of aliphatic hydroxyl groups excluding tert-OH is 1. The van der Waals surface area contributed by atoms with Crippen LogP contribution in [0.4, 0.5) is 0 Å². The Bertz CT molecular complexity index is 448. The second-order valence-corrected chi connectivity index (χ2v) is 10.9. The van der Waals surface area contributed by atoms with Crippen molar-refractivity contribution in [3.8, 4) is 0 Å². The van der Waals surface area contributed by atoms with E-state index in [4.69, 9.17) is 5.11 Å². The van der Waals surface area contributed by atoms with Crippen molar-refractivity contribution in [2.45, 2.75) is 110 Å². The summed E-state index contributed by atoms with van der Waals surface area (Å²) in [6.45, 7) is 2.66. The Balaban J connectivity index is -0.0000000840. The van der Waals surface area contributed by atoms with Crippen LogP contribution in [0.25, 0.3) is 0 Å². The van der Waals surface area contributed by atoms with Crippen LogP contribution < -0.4 is 138 Å². The van der Waals surface area contributed by atoms with Gasteiger partial charge < -0.3 is 42.9 Å². The fourth-order valence-electron chi connectivity index (χ4n) is 2.80. The molecular formula is C18H42Na4O11P4. The molecule has 19 heteroatoms. The average Bonchev–Trinajstić information content (AvgIpc) is 2.70. The number of rotatable bonds is 20. The maximum atomic E-state index is 9.29. The van der Waals surface area contributed by atoms with E-state index in [0.29, 0.717) is 6.61 Å². The van der Waals surface area contributed by atoms with Gasteiger partial charge in [-0.3, -0.25) is 8.62 Å². The van der Waals surface area contributed by atoms with E-state index in [0.717, 1.165) is 6.42 Å². The molecule has 0 saturated carbocycles. The molecule has 0 heterocycles. The first kappa shape index (κ1) is 57.3. The Morgan fingerprint density at radius 3 is 0.784 bits per heavy atom. The van der Waals surface area contributed by atoms with Crippen LogP contribution in [0.5, 0.6) is 0 Å². The number of hydrogen-bond donors (Lipinski definition) is 1. The third kappa shape index (κ3) is 74.0. The van der Waals surface area contributed by atoms with E-state index >= 15 is 0 Å². The maximum absolute atomic E-state index is 9.29. The van der Waals surface area contributed by atoms with Gasteiger partial charge in [-0.15, -0.1) is 0 Å². The van der Waals surface area contributed by atoms with Gasteiger partial charge in [0.2, 0.25) is 0 Å². The van der Waals surface area contributed by atoms with Gasteiger partial charge >= 0.3 is 118 Å². The van der Waals surface area contributed by atoms with Gasteiger partial charge in [0.1, 0.15) is 33.0 Å². The summed E-state index contributed by atoms with van der Waals surface area (Å²) >= 11 is 0. The van der Waals surface area contributed by atoms with Crippen LogP contribution >= 0.6 is 33.0 Å². The van der Waals surface area contributed by atoms with Crippen LogP contribution in [-0.2, 0) is 26.9 Å². The van der Waals surface area contributed by atoms with E-state index in [2.05, 4.69) is 15.5 Å². The van der Waals surface area contributed by atoms with E-state index in [1.54, 1.807) is 0 Å². The van der Waals surface area contributed by atoms with E-state index in [1.165, 1.54) is 96.3 Å². The zero-order valence-corrected chi connectivity index (χ0v) is 35.6. The van der Waals surface area contributed by atoms with Crippen molar-refractivity contribution in [3.05, 3.63) is 0 Å². The molecule has 0 aliphatic rings. The van der Waals surface area contributed by atoms with Crippen LogP contribution in [0.3, 0.4) is 0 Å². The molecule has 204 valence electrons. The van der Waals surface area contributed by atoms with E-state index in [9.17, 15) is 37.8 Å². The molecule has 0 aromatic heterocycles. The van der Waals surface area contributed by atoms with Crippen LogP contribution in [-0.4, -0.2) is 11.7 Å². The summed E-state index contributed by atoms with van der Waals surface area (Å²) in [6.07, 6.45) is 22.2. The van der Waals surface area contributed by atoms with Crippen molar-refractivity contribution in [1.82, 2.24) is 0 Å². The molecule has 37 heavy (non-hydrogen) atoms. The van der Waals surface area contributed by atoms with Crippen molar-refractivity contribution < 1.29 is 170 Å². The predicted octanol–water partition coefficient (Wildman–Crippen LogP) is -8.74. The standard InChI is InChI=1S/C18H38O.4Na.2H4O5P2/c1-2-3-4-5-6-7-8-9-10-11-12-13-14-15-16-17-18-19;;;;;2*1-6(2)5-7(3)4/h19H,2-18H2,1H3;;;;;2*6-7H,(H,1,2)(H,3,4)/q;4*+1;;/p-4. The van der Waals surface area contributed by atoms with Gasteiger partial charge in [-0.2, -0.15) is 0 Å². The summed E-state index contributed by atoms with van der Waals surface area (Å²) in [5, 5.41) is 8.67. The molecule has 0 rings (SSSR count). The van der Waals surface area contributed by atoms with E-state index in [1.807, 2.05) is 0 Å². The van der Waals surface area contributed by atoms with Crippen molar-refractivity contribution in [2.75, 3.05) is 6.61 Å². The van der Waals surface area contributed by atoms with Crippen LogP contribution in [0.15, 0.2) is 0 Å². The summed E-state index contributed by atoms with van der Waals surface area (Å²) in [4.78, 5) is 37.1. The Hall–Kier alpha value is 4.64. The minimum absolute atomic E-state index is 0. The largest absolute Gasteiger partial charge is 1.00 e. The number of aliphatic hydroxyl groups is 1. The normalized spacial score (nSPS) is 12.7. The first-order chi connectivity index (χ1) is 15.7. The molecule has 4 atom stereocenters. The molecular weight excluding hydrogens is 608 g/mol. The van der Waals surface area contributed by atoms with Crippen LogP contribution in [0.1, 0.15) is 110 Å². The summed E-state index contributed by atoms with van der Waals surface area (Å²) in [5.74, 6) is 0. The zero-order valence-electron chi connectivity index (χ0n) is 23.6. The van der Waals surface area contributed by atoms with Crippen LogP contribution in [0.2, 0.25) is 0 Å². The molecule has 0 amide bonds. The average molecular weight is 650 g/mol. The summed E-state index contributed by atoms with van der Waals surface area (Å²) in [7, 11) is -14.1. The molecule has 0 bridgehead atoms. The molecule has 0 aromatic carbocycles. The van der Waals surface area contributed by atoms with Gasteiger partial charge in [-0.05, 0) is 6.42 Å². The summed E-state index contributed by atoms with van der Waals surface area (Å²) in [6, 6.07) is 0. The van der Waals surface area contributed by atoms with Crippen molar-refractivity contribution >= 4 is 33.0 Å². The second kappa shape index (κ2) is 50.3. The van der Waals surface area contributed by atoms with Gasteiger partial charge in [-0.1, -0.05) is 103 Å². The second-order valence-electron chi connectivity index (χ2n) is 7.23. The van der Waals surface area contributed by atoms with E-state index in [-0.39, 0.29) is 118 Å². The molecule has 0 aromatic rings. The fraction of sp³-hybridized carbons (Fsp3) is 1.00. The van der Waals surface area contributed by atoms with Gasteiger partial charge in [-0.25, -0.2) is 0 Å². The Morgan fingerprint density at radius 2 is 0.649 bits per heavy atom. The topological polar surface area (TPSA) is 199 Å². The van der Waals surface area contributed by atoms with Gasteiger partial charge in [0.05, 0.1) is 0 Å². The molecule has 11 nitrogen and oxygen atoms in total. The first-order valence-corrected chi connectivity index (χ1v) is 16.4. The Kier molecular flexibility index (Phi) is 77.9. The van der Waals surface area contributed by atoms with Gasteiger partial charge in [0.25, 0.3) is 0 Å². The van der Waals surface area contributed by atoms with Crippen molar-refractivity contribution in [3.63, 3.8) is 0 Å². The zero-order chi connectivity index (χ0) is 25.7. The molecule has 4 unspecified atom stereocenters. The number of unbranched alkanes of at least 4 members (excludes halogenated alkanes) is 15. The molecule has 0 fully saturated rings. The quantitative estimate of drug-likeness (QED) is 0.0746. The third-order valence-electron chi connectivity index (χ3n) is 4.35. The molecule has 0 spiro atoms. The van der Waals surface area contributed by atoms with Gasteiger partial charge in [0.15, 0.2) is 0 Å². The molecule has 0 saturated heterocycles. The Labute approximate surface area is 314 Å². The minimum Gasteiger partial charge on any atom is -0.781 e. The fourth-order valence-corrected chi connectivity index (χ4v) is 3.88. The monoisotopic (exact) mass is 650 g/mol. The van der Waals surface area contributed by atoms with Crippen molar-refractivity contribution in [2.24, 2.45) is 0 Å². The first-order valence-electron chi connectivity index (χ1n) is 11.5. The smallest absolute Gasteiger partial charge is 0.781 e. The predicted molar refractivity (Wildman–Crippen MR) is 125 cm³/mol. The molecule has 0 aliphatic carbocycles. The molecule has 1 N–H and O–H groups in total. The summed E-state index contributed by atoms with van der Waals surface area (Å²) < 4.78 is 43.6. The van der Waals surface area contributed by atoms with Crippen LogP contribution in [0, 0.1) is 0 Å². The summed E-state index contributed by atoms with van der Waals surface area (Å²) in [5.41, 5.74) is 0. The van der Waals surface area contributed by atoms with Crippen molar-refractivity contribution in [1.29, 1.82) is 0 Å². The maximum Gasteiger partial charge on any atom is 1.00 e. The SMILES string of the molecule is CCCCCCCCCCCCCCCCCCO.O=[PH]([O-])O[PH](=O)[O-].O=[PH]([O-])O[PH](=O)[O-].[Na+].[Na+].[Na+].[Na+]. The van der Waals surface area contributed by atoms with E-state index < -0.39 is 33.0 Å². The minimum atomic E-state index is -3.51. The Morgan fingerprint density at radius 1 is 0.459 bits per heavy atom. The van der Waals surface area contributed by atoms with Gasteiger partial charge in [0, 0.05) is 6.61 Å². The third-order valence-corrected chi connectivity index (χ3v) is 7.01. The number of hydrogen-bond acceptors (Lipinski definition) is 11.